The highest BCUT2D eigenvalue weighted by Gasteiger charge is 2.18. The summed E-state index contributed by atoms with van der Waals surface area (Å²) in [6, 6.07) is 7.38. The average molecular weight is 386 g/mol. The van der Waals surface area contributed by atoms with Crippen LogP contribution in [0.4, 0.5) is 0 Å². The summed E-state index contributed by atoms with van der Waals surface area (Å²) >= 11 is 2.96. The fourth-order valence-electron chi connectivity index (χ4n) is 2.54. The number of nitrogens with zero attached hydrogens (tertiary/aromatic N) is 3. The highest BCUT2D eigenvalue weighted by molar-refractivity contribution is 7.20. The van der Waals surface area contributed by atoms with E-state index < -0.39 is 0 Å². The Morgan fingerprint density at radius 1 is 1.35 bits per heavy atom. The van der Waals surface area contributed by atoms with Crippen LogP contribution in [0.1, 0.15) is 10.8 Å². The molecule has 132 valence electrons. The topological polar surface area (TPSA) is 90.0 Å². The van der Waals surface area contributed by atoms with Gasteiger partial charge in [0.25, 0.3) is 5.56 Å². The molecule has 0 unspecified atom stereocenters. The normalized spacial score (nSPS) is 11.1. The number of carbonyl (C=O) groups excluding carboxylic acids is 1. The average Bonchev–Trinajstić information content (AvgIpc) is 3.36. The van der Waals surface area contributed by atoms with E-state index in [9.17, 15) is 9.59 Å². The van der Waals surface area contributed by atoms with E-state index in [1.165, 1.54) is 27.4 Å². The van der Waals surface area contributed by atoms with Gasteiger partial charge in [0, 0.05) is 0 Å². The van der Waals surface area contributed by atoms with Crippen molar-refractivity contribution >= 4 is 38.8 Å². The number of hydrogen-bond donors (Lipinski definition) is 1. The second-order valence-corrected chi connectivity index (χ2v) is 7.71. The van der Waals surface area contributed by atoms with Gasteiger partial charge in [0.05, 0.1) is 27.4 Å². The van der Waals surface area contributed by atoms with Crippen molar-refractivity contribution in [2.24, 2.45) is 0 Å². The Bertz CT molecular complexity index is 1110. The summed E-state index contributed by atoms with van der Waals surface area (Å²) in [6.45, 7) is 1.93. The number of thiazole rings is 1. The van der Waals surface area contributed by atoms with Crippen molar-refractivity contribution in [3.8, 4) is 10.6 Å². The van der Waals surface area contributed by atoms with Gasteiger partial charge in [-0.05, 0) is 30.5 Å². The lowest BCUT2D eigenvalue weighted by Crippen LogP contribution is -2.33. The Labute approximate surface area is 155 Å². The van der Waals surface area contributed by atoms with E-state index in [0.717, 1.165) is 14.6 Å². The molecule has 26 heavy (non-hydrogen) atoms. The minimum atomic E-state index is -0.363. The van der Waals surface area contributed by atoms with Crippen LogP contribution < -0.4 is 10.9 Å². The van der Waals surface area contributed by atoms with Crippen molar-refractivity contribution in [3.05, 3.63) is 57.0 Å². The number of amides is 1. The van der Waals surface area contributed by atoms with E-state index in [2.05, 4.69) is 15.4 Å². The third-order valence-corrected chi connectivity index (χ3v) is 5.55. The molecule has 0 aromatic carbocycles. The first-order valence-corrected chi connectivity index (χ1v) is 9.52. The van der Waals surface area contributed by atoms with Gasteiger partial charge >= 0.3 is 0 Å². The van der Waals surface area contributed by atoms with Gasteiger partial charge in [-0.1, -0.05) is 6.07 Å². The van der Waals surface area contributed by atoms with Crippen LogP contribution in [0.25, 0.3) is 20.8 Å². The van der Waals surface area contributed by atoms with Crippen molar-refractivity contribution < 1.29 is 9.21 Å². The predicted octanol–water partition coefficient (Wildman–Crippen LogP) is 2.80. The smallest absolute Gasteiger partial charge is 0.294 e. The molecule has 0 spiro atoms. The molecule has 0 aliphatic rings. The largest absolute Gasteiger partial charge is 0.467 e. The standard InChI is InChI=1S/C17H14N4O3S2/c1-10-19-15-16(26-10)14(12-5-3-7-25-12)20-21(17(15)23)9-13(22)18-8-11-4-2-6-24-11/h2-7H,8-9H2,1H3,(H,18,22). The molecule has 7 nitrogen and oxygen atoms in total. The van der Waals surface area contributed by atoms with Gasteiger partial charge in [-0.3, -0.25) is 9.59 Å². The Balaban J connectivity index is 1.67. The molecule has 0 radical (unpaired) electrons. The summed E-state index contributed by atoms with van der Waals surface area (Å²) in [6.07, 6.45) is 1.54. The van der Waals surface area contributed by atoms with Crippen LogP contribution in [0.3, 0.4) is 0 Å². The van der Waals surface area contributed by atoms with E-state index in [4.69, 9.17) is 4.42 Å². The van der Waals surface area contributed by atoms with Crippen LogP contribution in [-0.4, -0.2) is 20.7 Å². The zero-order chi connectivity index (χ0) is 18.1. The number of rotatable bonds is 5. The van der Waals surface area contributed by atoms with Crippen molar-refractivity contribution in [1.29, 1.82) is 0 Å². The molecule has 1 amide bonds. The minimum absolute atomic E-state index is 0.176. The summed E-state index contributed by atoms with van der Waals surface area (Å²) in [5.74, 6) is 0.322. The van der Waals surface area contributed by atoms with Crippen LogP contribution in [0.15, 0.2) is 45.1 Å². The Morgan fingerprint density at radius 2 is 2.23 bits per heavy atom. The van der Waals surface area contributed by atoms with Crippen molar-refractivity contribution in [2.45, 2.75) is 20.0 Å². The number of hydrogen-bond acceptors (Lipinski definition) is 7. The van der Waals surface area contributed by atoms with E-state index >= 15 is 0 Å². The summed E-state index contributed by atoms with van der Waals surface area (Å²) in [5, 5.41) is 9.90. The van der Waals surface area contributed by atoms with Crippen LogP contribution >= 0.6 is 22.7 Å². The second kappa shape index (κ2) is 6.85. The predicted molar refractivity (Wildman–Crippen MR) is 100 cm³/mol. The zero-order valence-electron chi connectivity index (χ0n) is 13.8. The summed E-state index contributed by atoms with van der Waals surface area (Å²) < 4.78 is 7.11. The monoisotopic (exact) mass is 386 g/mol. The third kappa shape index (κ3) is 3.18. The highest BCUT2D eigenvalue weighted by atomic mass is 32.1. The molecular formula is C17H14N4O3S2. The molecule has 0 fully saturated rings. The maximum atomic E-state index is 12.7. The molecule has 1 N–H and O–H groups in total. The number of aromatic nitrogens is 3. The van der Waals surface area contributed by atoms with Crippen LogP contribution in [0.5, 0.6) is 0 Å². The lowest BCUT2D eigenvalue weighted by molar-refractivity contribution is -0.122. The number of furan rings is 1. The lowest BCUT2D eigenvalue weighted by Gasteiger charge is -2.08. The Morgan fingerprint density at radius 3 is 2.96 bits per heavy atom. The summed E-state index contributed by atoms with van der Waals surface area (Å²) in [7, 11) is 0. The fourth-order valence-corrected chi connectivity index (χ4v) is 4.23. The molecule has 4 aromatic rings. The third-order valence-electron chi connectivity index (χ3n) is 3.69. The zero-order valence-corrected chi connectivity index (χ0v) is 15.4. The SMILES string of the molecule is Cc1nc2c(=O)n(CC(=O)NCc3ccco3)nc(-c3cccs3)c2s1. The molecule has 4 heterocycles. The number of nitrogens with one attached hydrogen (secondary N) is 1. The van der Waals surface area contributed by atoms with Gasteiger partial charge in [-0.2, -0.15) is 5.10 Å². The molecule has 4 aromatic heterocycles. The van der Waals surface area contributed by atoms with E-state index in [0.29, 0.717) is 17.0 Å². The molecule has 0 aliphatic heterocycles. The molecule has 0 saturated carbocycles. The van der Waals surface area contributed by atoms with Gasteiger partial charge in [0.2, 0.25) is 5.91 Å². The van der Waals surface area contributed by atoms with Gasteiger partial charge < -0.3 is 9.73 Å². The lowest BCUT2D eigenvalue weighted by atomic mass is 10.3. The van der Waals surface area contributed by atoms with Gasteiger partial charge in [0.1, 0.15) is 18.0 Å². The number of fused-ring (bicyclic) bond motifs is 1. The molecule has 4 rings (SSSR count). The molecule has 0 saturated heterocycles. The first kappa shape index (κ1) is 16.7. The number of thiophene rings is 1. The Hall–Kier alpha value is -2.78. The summed E-state index contributed by atoms with van der Waals surface area (Å²) in [5.41, 5.74) is 0.668. The number of aryl methyl sites for hydroxylation is 1. The minimum Gasteiger partial charge on any atom is -0.467 e. The van der Waals surface area contributed by atoms with Crippen LogP contribution in [-0.2, 0) is 17.9 Å². The van der Waals surface area contributed by atoms with Gasteiger partial charge in [-0.25, -0.2) is 9.67 Å². The van der Waals surface area contributed by atoms with Gasteiger partial charge in [0.15, 0.2) is 5.52 Å². The maximum Gasteiger partial charge on any atom is 0.294 e. The van der Waals surface area contributed by atoms with Crippen LogP contribution in [0.2, 0.25) is 0 Å². The van der Waals surface area contributed by atoms with E-state index in [-0.39, 0.29) is 24.6 Å². The van der Waals surface area contributed by atoms with E-state index in [1.54, 1.807) is 18.4 Å². The van der Waals surface area contributed by atoms with Gasteiger partial charge in [-0.15, -0.1) is 22.7 Å². The second-order valence-electron chi connectivity index (χ2n) is 5.56. The highest BCUT2D eigenvalue weighted by Crippen LogP contribution is 2.31. The first-order chi connectivity index (χ1) is 12.6. The molecular weight excluding hydrogens is 372 g/mol. The molecule has 0 bridgehead atoms. The summed E-state index contributed by atoms with van der Waals surface area (Å²) in [4.78, 5) is 30.2. The maximum absolute atomic E-state index is 12.7. The molecule has 0 atom stereocenters. The van der Waals surface area contributed by atoms with E-state index in [1.807, 2.05) is 24.4 Å². The molecule has 9 heteroatoms. The molecule has 0 aliphatic carbocycles. The first-order valence-electron chi connectivity index (χ1n) is 7.83. The quantitative estimate of drug-likeness (QED) is 0.570. The number of carbonyl (C=O) groups is 1. The van der Waals surface area contributed by atoms with Crippen LogP contribution in [0, 0.1) is 6.92 Å². The van der Waals surface area contributed by atoms with Crippen molar-refractivity contribution in [2.75, 3.05) is 0 Å². The Kier molecular flexibility index (Phi) is 4.39. The van der Waals surface area contributed by atoms with Crippen molar-refractivity contribution in [1.82, 2.24) is 20.1 Å². The van der Waals surface area contributed by atoms with Crippen molar-refractivity contribution in [3.63, 3.8) is 0 Å². The fraction of sp³-hybridized carbons (Fsp3) is 0.176.